The first-order chi connectivity index (χ1) is 14.5. The molecule has 4 rings (SSSR count). The van der Waals surface area contributed by atoms with Crippen molar-refractivity contribution in [2.24, 2.45) is 0 Å². The second-order valence-corrected chi connectivity index (χ2v) is 7.59. The van der Waals surface area contributed by atoms with Crippen LogP contribution in [0.25, 0.3) is 5.76 Å². The standard InChI is InChI=1S/C24H19ClN2O3/c1-15-5-2-3-8-19(15)21-20(22(28)17-6-4-7-18(25)13-17)23(29)24(30)27(21)14-16-9-11-26-12-10-16/h2-13,21,28H,14H2,1H3/b22-20+. The van der Waals surface area contributed by atoms with Crippen molar-refractivity contribution in [3.8, 4) is 0 Å². The van der Waals surface area contributed by atoms with Crippen molar-refractivity contribution in [3.63, 3.8) is 0 Å². The Morgan fingerprint density at radius 3 is 2.50 bits per heavy atom. The van der Waals surface area contributed by atoms with Crippen LogP contribution in [0.3, 0.4) is 0 Å². The Morgan fingerprint density at radius 2 is 1.80 bits per heavy atom. The highest BCUT2D eigenvalue weighted by molar-refractivity contribution is 6.46. The average molecular weight is 419 g/mol. The summed E-state index contributed by atoms with van der Waals surface area (Å²) >= 11 is 6.07. The van der Waals surface area contributed by atoms with Crippen LogP contribution in [-0.4, -0.2) is 26.7 Å². The Kier molecular flexibility index (Phi) is 5.38. The molecule has 2 aromatic carbocycles. The molecule has 5 nitrogen and oxygen atoms in total. The van der Waals surface area contributed by atoms with E-state index in [4.69, 9.17) is 11.6 Å². The van der Waals surface area contributed by atoms with Crippen molar-refractivity contribution in [2.75, 3.05) is 0 Å². The van der Waals surface area contributed by atoms with Gasteiger partial charge in [-0.05, 0) is 47.9 Å². The summed E-state index contributed by atoms with van der Waals surface area (Å²) in [6.07, 6.45) is 3.28. The van der Waals surface area contributed by atoms with Crippen molar-refractivity contribution in [1.29, 1.82) is 0 Å². The van der Waals surface area contributed by atoms with Crippen LogP contribution >= 0.6 is 11.6 Å². The van der Waals surface area contributed by atoms with E-state index in [0.29, 0.717) is 10.6 Å². The number of hydrogen-bond donors (Lipinski definition) is 1. The van der Waals surface area contributed by atoms with E-state index in [1.54, 1.807) is 48.8 Å². The number of benzene rings is 2. The third kappa shape index (κ3) is 3.60. The fourth-order valence-corrected chi connectivity index (χ4v) is 3.93. The van der Waals surface area contributed by atoms with Crippen LogP contribution in [-0.2, 0) is 16.1 Å². The molecule has 1 aliphatic rings. The van der Waals surface area contributed by atoms with Gasteiger partial charge in [0, 0.05) is 29.5 Å². The van der Waals surface area contributed by atoms with Gasteiger partial charge in [-0.15, -0.1) is 0 Å². The van der Waals surface area contributed by atoms with E-state index in [2.05, 4.69) is 4.98 Å². The molecule has 0 bridgehead atoms. The van der Waals surface area contributed by atoms with E-state index in [-0.39, 0.29) is 17.9 Å². The predicted octanol–water partition coefficient (Wildman–Crippen LogP) is 4.67. The molecule has 150 valence electrons. The van der Waals surface area contributed by atoms with Crippen LogP contribution in [0.5, 0.6) is 0 Å². The number of aliphatic hydroxyl groups excluding tert-OH is 1. The number of nitrogens with zero attached hydrogens (tertiary/aromatic N) is 2. The lowest BCUT2D eigenvalue weighted by atomic mass is 9.92. The van der Waals surface area contributed by atoms with Gasteiger partial charge in [0.1, 0.15) is 5.76 Å². The minimum Gasteiger partial charge on any atom is -0.507 e. The number of pyridine rings is 1. The molecule has 1 amide bonds. The number of aryl methyl sites for hydroxylation is 1. The maximum absolute atomic E-state index is 13.0. The Morgan fingerprint density at radius 1 is 1.07 bits per heavy atom. The predicted molar refractivity (Wildman–Crippen MR) is 115 cm³/mol. The number of likely N-dealkylation sites (tertiary alicyclic amines) is 1. The van der Waals surface area contributed by atoms with Crippen molar-refractivity contribution in [1.82, 2.24) is 9.88 Å². The van der Waals surface area contributed by atoms with E-state index >= 15 is 0 Å². The Balaban J connectivity index is 1.90. The topological polar surface area (TPSA) is 70.5 Å². The van der Waals surface area contributed by atoms with Gasteiger partial charge in [0.15, 0.2) is 0 Å². The largest absolute Gasteiger partial charge is 0.507 e. The van der Waals surface area contributed by atoms with Crippen LogP contribution in [0.2, 0.25) is 5.02 Å². The molecule has 6 heteroatoms. The highest BCUT2D eigenvalue weighted by atomic mass is 35.5. The Bertz CT molecular complexity index is 1160. The van der Waals surface area contributed by atoms with Crippen LogP contribution < -0.4 is 0 Å². The van der Waals surface area contributed by atoms with E-state index in [9.17, 15) is 14.7 Å². The molecule has 1 aliphatic heterocycles. The van der Waals surface area contributed by atoms with Crippen molar-refractivity contribution in [3.05, 3.63) is 106 Å². The normalized spacial score (nSPS) is 18.1. The number of ketones is 1. The number of hydrogen-bond acceptors (Lipinski definition) is 4. The molecule has 1 fully saturated rings. The van der Waals surface area contributed by atoms with Crippen molar-refractivity contribution in [2.45, 2.75) is 19.5 Å². The molecule has 0 spiro atoms. The van der Waals surface area contributed by atoms with E-state index in [1.165, 1.54) is 4.90 Å². The molecule has 30 heavy (non-hydrogen) atoms. The summed E-state index contributed by atoms with van der Waals surface area (Å²) in [5.74, 6) is -1.60. The zero-order valence-corrected chi connectivity index (χ0v) is 17.0. The summed E-state index contributed by atoms with van der Waals surface area (Å²) < 4.78 is 0. The monoisotopic (exact) mass is 418 g/mol. The van der Waals surface area contributed by atoms with Gasteiger partial charge < -0.3 is 10.0 Å². The smallest absolute Gasteiger partial charge is 0.295 e. The fourth-order valence-electron chi connectivity index (χ4n) is 3.74. The van der Waals surface area contributed by atoms with Gasteiger partial charge in [-0.25, -0.2) is 0 Å². The van der Waals surface area contributed by atoms with E-state index in [1.807, 2.05) is 31.2 Å². The highest BCUT2D eigenvalue weighted by Gasteiger charge is 2.46. The second-order valence-electron chi connectivity index (χ2n) is 7.15. The molecule has 1 unspecified atom stereocenters. The molecule has 1 aromatic heterocycles. The quantitative estimate of drug-likeness (QED) is 0.380. The number of halogens is 1. The van der Waals surface area contributed by atoms with E-state index < -0.39 is 17.7 Å². The lowest BCUT2D eigenvalue weighted by Gasteiger charge is -2.26. The minimum atomic E-state index is -0.713. The van der Waals surface area contributed by atoms with Crippen molar-refractivity contribution < 1.29 is 14.7 Å². The summed E-state index contributed by atoms with van der Waals surface area (Å²) in [4.78, 5) is 31.6. The number of amides is 1. The van der Waals surface area contributed by atoms with Gasteiger partial charge in [0.2, 0.25) is 0 Å². The van der Waals surface area contributed by atoms with Crippen molar-refractivity contribution >= 4 is 29.1 Å². The summed E-state index contributed by atoms with van der Waals surface area (Å²) in [7, 11) is 0. The van der Waals surface area contributed by atoms with Gasteiger partial charge in [-0.1, -0.05) is 48.0 Å². The highest BCUT2D eigenvalue weighted by Crippen LogP contribution is 2.41. The van der Waals surface area contributed by atoms with E-state index in [0.717, 1.165) is 16.7 Å². The van der Waals surface area contributed by atoms with Crippen LogP contribution in [0, 0.1) is 6.92 Å². The number of carbonyl (C=O) groups is 2. The fraction of sp³-hybridized carbons (Fsp3) is 0.125. The maximum Gasteiger partial charge on any atom is 0.295 e. The molecule has 3 aromatic rings. The first kappa shape index (κ1) is 19.9. The Labute approximate surface area is 179 Å². The molecule has 1 saturated heterocycles. The average Bonchev–Trinajstić information content (AvgIpc) is 2.99. The number of rotatable bonds is 4. The number of aromatic nitrogens is 1. The minimum absolute atomic E-state index is 0.0608. The lowest BCUT2D eigenvalue weighted by molar-refractivity contribution is -0.140. The summed E-state index contributed by atoms with van der Waals surface area (Å²) in [6, 6.07) is 17.0. The van der Waals surface area contributed by atoms with Gasteiger partial charge in [0.25, 0.3) is 11.7 Å². The van der Waals surface area contributed by atoms with Gasteiger partial charge in [-0.2, -0.15) is 0 Å². The van der Waals surface area contributed by atoms with Crippen LogP contribution in [0.15, 0.2) is 78.6 Å². The second kappa shape index (κ2) is 8.13. The summed E-state index contributed by atoms with van der Waals surface area (Å²) in [5.41, 5.74) is 3.00. The molecule has 0 aliphatic carbocycles. The summed E-state index contributed by atoms with van der Waals surface area (Å²) in [5, 5.41) is 11.5. The third-order valence-electron chi connectivity index (χ3n) is 5.22. The molecule has 1 N–H and O–H groups in total. The lowest BCUT2D eigenvalue weighted by Crippen LogP contribution is -2.29. The molecule has 0 saturated carbocycles. The molecular formula is C24H19ClN2O3. The van der Waals surface area contributed by atoms with Gasteiger partial charge in [-0.3, -0.25) is 14.6 Å². The zero-order valence-electron chi connectivity index (χ0n) is 16.2. The number of aliphatic hydroxyl groups is 1. The first-order valence-corrected chi connectivity index (χ1v) is 9.84. The van der Waals surface area contributed by atoms with Gasteiger partial charge in [0.05, 0.1) is 11.6 Å². The number of carbonyl (C=O) groups excluding carboxylic acids is 2. The molecular weight excluding hydrogens is 400 g/mol. The zero-order chi connectivity index (χ0) is 21.3. The number of Topliss-reactive ketones (excluding diaryl/α,β-unsaturated/α-hetero) is 1. The third-order valence-corrected chi connectivity index (χ3v) is 5.46. The summed E-state index contributed by atoms with van der Waals surface area (Å²) in [6.45, 7) is 2.14. The van der Waals surface area contributed by atoms with Gasteiger partial charge >= 0.3 is 0 Å². The first-order valence-electron chi connectivity index (χ1n) is 9.46. The van der Waals surface area contributed by atoms with Crippen LogP contribution in [0.1, 0.15) is 28.3 Å². The SMILES string of the molecule is Cc1ccccc1C1/C(=C(\O)c2cccc(Cl)c2)C(=O)C(=O)N1Cc1ccncc1. The Hall–Kier alpha value is -3.44. The molecule has 2 heterocycles. The molecule has 1 atom stereocenters. The maximum atomic E-state index is 13.0. The van der Waals surface area contributed by atoms with Crippen LogP contribution in [0.4, 0.5) is 0 Å². The molecule has 0 radical (unpaired) electrons.